The molecule has 0 spiro atoms. The Balaban J connectivity index is 0.00000180. The second-order valence-electron chi connectivity index (χ2n) is 5.01. The maximum Gasteiger partial charge on any atom is 0.227 e. The van der Waals surface area contributed by atoms with Crippen LogP contribution in [0.5, 0.6) is 5.75 Å². The first-order chi connectivity index (χ1) is 8.70. The largest absolute Gasteiger partial charge is 0.496 e. The molecule has 0 heterocycles. The number of ether oxygens (including phenoxy) is 1. The van der Waals surface area contributed by atoms with Crippen LogP contribution in [0, 0.1) is 12.8 Å². The quantitative estimate of drug-likeness (QED) is 0.912. The number of amides is 1. The summed E-state index contributed by atoms with van der Waals surface area (Å²) in [5.41, 5.74) is 1.90. The molecule has 0 bridgehead atoms. The topological polar surface area (TPSA) is 38.3 Å². The second-order valence-corrected chi connectivity index (χ2v) is 5.01. The Morgan fingerprint density at radius 2 is 1.95 bits per heavy atom. The molecule has 0 atom stereocenters. The number of benzene rings is 1. The fourth-order valence-electron chi connectivity index (χ4n) is 2.51. The van der Waals surface area contributed by atoms with Crippen molar-refractivity contribution in [2.45, 2.75) is 39.0 Å². The lowest BCUT2D eigenvalue weighted by molar-refractivity contribution is -0.120. The number of hydrogen-bond acceptors (Lipinski definition) is 2. The van der Waals surface area contributed by atoms with E-state index in [1.165, 1.54) is 19.3 Å². The Hall–Kier alpha value is -1.22. The van der Waals surface area contributed by atoms with Gasteiger partial charge in [0, 0.05) is 17.7 Å². The van der Waals surface area contributed by atoms with Crippen molar-refractivity contribution in [2.24, 2.45) is 5.92 Å². The van der Waals surface area contributed by atoms with E-state index in [0.29, 0.717) is 0 Å². The Morgan fingerprint density at radius 3 is 2.58 bits per heavy atom. The summed E-state index contributed by atoms with van der Waals surface area (Å²) < 4.78 is 5.26. The maximum atomic E-state index is 12.1. The molecule has 106 valence electrons. The Kier molecular flexibility index (Phi) is 6.16. The van der Waals surface area contributed by atoms with Gasteiger partial charge in [-0.25, -0.2) is 0 Å². The summed E-state index contributed by atoms with van der Waals surface area (Å²) in [6.45, 7) is 1.99. The van der Waals surface area contributed by atoms with Crippen molar-refractivity contribution in [3.63, 3.8) is 0 Å². The van der Waals surface area contributed by atoms with Crippen LogP contribution in [0.3, 0.4) is 0 Å². The fraction of sp³-hybridized carbons (Fsp3) is 0.533. The molecule has 1 N–H and O–H groups in total. The maximum absolute atomic E-state index is 12.1. The Bertz CT molecular complexity index is 428. The number of anilines is 1. The molecule has 1 aromatic rings. The molecular formula is C15H22ClNO2. The van der Waals surface area contributed by atoms with Gasteiger partial charge in [-0.3, -0.25) is 4.79 Å². The molecule has 1 aliphatic rings. The number of aryl methyl sites for hydroxylation is 1. The van der Waals surface area contributed by atoms with Crippen LogP contribution in [0.25, 0.3) is 0 Å². The van der Waals surface area contributed by atoms with E-state index in [4.69, 9.17) is 4.74 Å². The zero-order valence-corrected chi connectivity index (χ0v) is 12.4. The lowest BCUT2D eigenvalue weighted by Gasteiger charge is -2.21. The molecule has 1 aromatic carbocycles. The third-order valence-electron chi connectivity index (χ3n) is 3.65. The summed E-state index contributed by atoms with van der Waals surface area (Å²) in [5, 5.41) is 2.99. The van der Waals surface area contributed by atoms with Crippen LogP contribution in [0.1, 0.15) is 37.7 Å². The summed E-state index contributed by atoms with van der Waals surface area (Å²) in [5.74, 6) is 1.16. The van der Waals surface area contributed by atoms with Crippen LogP contribution in [-0.4, -0.2) is 13.0 Å². The van der Waals surface area contributed by atoms with Crippen molar-refractivity contribution in [1.82, 2.24) is 0 Å². The molecule has 1 aliphatic carbocycles. The van der Waals surface area contributed by atoms with E-state index in [2.05, 4.69) is 5.32 Å². The first-order valence-corrected chi connectivity index (χ1v) is 6.66. The van der Waals surface area contributed by atoms with Gasteiger partial charge in [0.1, 0.15) is 5.75 Å². The molecule has 19 heavy (non-hydrogen) atoms. The van der Waals surface area contributed by atoms with Crippen LogP contribution in [-0.2, 0) is 4.79 Å². The number of rotatable bonds is 3. The van der Waals surface area contributed by atoms with Gasteiger partial charge in [-0.15, -0.1) is 12.4 Å². The summed E-state index contributed by atoms with van der Waals surface area (Å²) in [6.07, 6.45) is 5.66. The molecule has 1 fully saturated rings. The van der Waals surface area contributed by atoms with Crippen LogP contribution >= 0.6 is 12.4 Å². The van der Waals surface area contributed by atoms with E-state index in [1.807, 2.05) is 25.1 Å². The third kappa shape index (κ3) is 4.13. The summed E-state index contributed by atoms with van der Waals surface area (Å²) >= 11 is 0. The Labute approximate surface area is 121 Å². The minimum absolute atomic E-state index is 0. The van der Waals surface area contributed by atoms with Gasteiger partial charge >= 0.3 is 0 Å². The predicted octanol–water partition coefficient (Wildman–Crippen LogP) is 3.94. The smallest absolute Gasteiger partial charge is 0.227 e. The molecule has 4 heteroatoms. The van der Waals surface area contributed by atoms with E-state index in [0.717, 1.165) is 29.8 Å². The van der Waals surface area contributed by atoms with E-state index in [-0.39, 0.29) is 24.2 Å². The molecule has 0 radical (unpaired) electrons. The van der Waals surface area contributed by atoms with Gasteiger partial charge in [0.15, 0.2) is 0 Å². The van der Waals surface area contributed by atoms with Gasteiger partial charge in [0.25, 0.3) is 0 Å². The number of carbonyl (C=O) groups excluding carboxylic acids is 1. The van der Waals surface area contributed by atoms with Crippen molar-refractivity contribution in [2.75, 3.05) is 12.4 Å². The number of hydrogen-bond donors (Lipinski definition) is 1. The highest BCUT2D eigenvalue weighted by Crippen LogP contribution is 2.26. The van der Waals surface area contributed by atoms with Gasteiger partial charge in [-0.1, -0.05) is 25.3 Å². The average Bonchev–Trinajstić information content (AvgIpc) is 2.42. The monoisotopic (exact) mass is 283 g/mol. The molecular weight excluding hydrogens is 262 g/mol. The van der Waals surface area contributed by atoms with Crippen molar-refractivity contribution in [3.8, 4) is 5.75 Å². The van der Waals surface area contributed by atoms with Crippen molar-refractivity contribution < 1.29 is 9.53 Å². The lowest BCUT2D eigenvalue weighted by Crippen LogP contribution is -2.24. The van der Waals surface area contributed by atoms with Crippen molar-refractivity contribution in [3.05, 3.63) is 23.8 Å². The average molecular weight is 284 g/mol. The van der Waals surface area contributed by atoms with Crippen LogP contribution < -0.4 is 10.1 Å². The zero-order valence-electron chi connectivity index (χ0n) is 11.6. The predicted molar refractivity (Wildman–Crippen MR) is 80.2 cm³/mol. The van der Waals surface area contributed by atoms with Gasteiger partial charge in [-0.2, -0.15) is 0 Å². The van der Waals surface area contributed by atoms with Gasteiger partial charge in [0.2, 0.25) is 5.91 Å². The summed E-state index contributed by atoms with van der Waals surface area (Å²) in [4.78, 5) is 12.1. The molecule has 3 nitrogen and oxygen atoms in total. The molecule has 1 amide bonds. The van der Waals surface area contributed by atoms with Crippen LogP contribution in [0.15, 0.2) is 18.2 Å². The van der Waals surface area contributed by atoms with Gasteiger partial charge in [0.05, 0.1) is 7.11 Å². The highest BCUT2D eigenvalue weighted by atomic mass is 35.5. The van der Waals surface area contributed by atoms with Crippen molar-refractivity contribution >= 4 is 24.0 Å². The van der Waals surface area contributed by atoms with Gasteiger partial charge < -0.3 is 10.1 Å². The van der Waals surface area contributed by atoms with Crippen LogP contribution in [0.2, 0.25) is 0 Å². The molecule has 2 rings (SSSR count). The molecule has 0 aliphatic heterocycles. The molecule has 1 saturated carbocycles. The minimum atomic E-state index is 0. The Morgan fingerprint density at radius 1 is 1.26 bits per heavy atom. The summed E-state index contributed by atoms with van der Waals surface area (Å²) in [6, 6.07) is 5.78. The van der Waals surface area contributed by atoms with E-state index in [9.17, 15) is 4.79 Å². The highest BCUT2D eigenvalue weighted by Gasteiger charge is 2.21. The second kappa shape index (κ2) is 7.39. The zero-order chi connectivity index (χ0) is 13.0. The number of methoxy groups -OCH3 is 1. The molecule has 0 saturated heterocycles. The number of carbonyl (C=O) groups is 1. The van der Waals surface area contributed by atoms with E-state index >= 15 is 0 Å². The first kappa shape index (κ1) is 15.8. The molecule has 0 unspecified atom stereocenters. The normalized spacial score (nSPS) is 15.5. The SMILES string of the molecule is COc1cc(NC(=O)C2CCCCC2)ccc1C.Cl. The van der Waals surface area contributed by atoms with Gasteiger partial charge in [-0.05, 0) is 31.4 Å². The standard InChI is InChI=1S/C15H21NO2.ClH/c1-11-8-9-13(10-14(11)18-2)16-15(17)12-6-4-3-5-7-12;/h8-10,12H,3-7H2,1-2H3,(H,16,17);1H. The van der Waals surface area contributed by atoms with Crippen LogP contribution in [0.4, 0.5) is 5.69 Å². The first-order valence-electron chi connectivity index (χ1n) is 6.66. The highest BCUT2D eigenvalue weighted by molar-refractivity contribution is 5.92. The minimum Gasteiger partial charge on any atom is -0.496 e. The lowest BCUT2D eigenvalue weighted by atomic mass is 9.88. The number of halogens is 1. The summed E-state index contributed by atoms with van der Waals surface area (Å²) in [7, 11) is 1.65. The van der Waals surface area contributed by atoms with Crippen molar-refractivity contribution in [1.29, 1.82) is 0 Å². The van der Waals surface area contributed by atoms with E-state index < -0.39 is 0 Å². The number of nitrogens with one attached hydrogen (secondary N) is 1. The molecule has 0 aromatic heterocycles. The fourth-order valence-corrected chi connectivity index (χ4v) is 2.51. The third-order valence-corrected chi connectivity index (χ3v) is 3.65. The van der Waals surface area contributed by atoms with E-state index in [1.54, 1.807) is 7.11 Å².